The molecule has 8 heteroatoms. The second-order valence-electron chi connectivity index (χ2n) is 4.49. The van der Waals surface area contributed by atoms with Crippen LogP contribution in [-0.4, -0.2) is 27.9 Å². The van der Waals surface area contributed by atoms with Gasteiger partial charge in [0.05, 0.1) is 12.0 Å². The van der Waals surface area contributed by atoms with E-state index in [0.717, 1.165) is 12.1 Å². The largest absolute Gasteiger partial charge is 0.348 e. The molecule has 0 saturated carbocycles. The normalized spacial score (nSPS) is 10.3. The van der Waals surface area contributed by atoms with Gasteiger partial charge in [-0.15, -0.1) is 0 Å². The highest BCUT2D eigenvalue weighted by Crippen LogP contribution is 2.14. The number of rotatable bonds is 5. The van der Waals surface area contributed by atoms with Crippen LogP contribution in [0.25, 0.3) is 0 Å². The smallest absolute Gasteiger partial charge is 0.313 e. The van der Waals surface area contributed by atoms with Crippen molar-refractivity contribution in [2.24, 2.45) is 0 Å². The minimum atomic E-state index is -1.01. The molecule has 6 nitrogen and oxygen atoms in total. The first-order valence-electron chi connectivity index (χ1n) is 6.56. The van der Waals surface area contributed by atoms with Gasteiger partial charge in [0.2, 0.25) is 0 Å². The van der Waals surface area contributed by atoms with Crippen molar-refractivity contribution in [2.75, 3.05) is 11.9 Å². The lowest BCUT2D eigenvalue weighted by atomic mass is 10.3. The molecule has 0 atom stereocenters. The molecule has 2 rings (SSSR count). The summed E-state index contributed by atoms with van der Waals surface area (Å²) in [6.07, 6.45) is 5.68. The minimum Gasteiger partial charge on any atom is -0.348 e. The highest BCUT2D eigenvalue weighted by molar-refractivity contribution is 6.39. The zero-order valence-corrected chi connectivity index (χ0v) is 11.6. The fourth-order valence-electron chi connectivity index (χ4n) is 1.73. The Morgan fingerprint density at radius 2 is 2.05 bits per heavy atom. The first-order chi connectivity index (χ1) is 10.6. The summed E-state index contributed by atoms with van der Waals surface area (Å²) >= 11 is 0. The van der Waals surface area contributed by atoms with Gasteiger partial charge in [0.25, 0.3) is 0 Å². The molecule has 116 valence electrons. The molecular formula is C14H14F2N4O2. The molecule has 0 radical (unpaired) electrons. The number of hydrogen-bond donors (Lipinski definition) is 2. The van der Waals surface area contributed by atoms with E-state index in [-0.39, 0.29) is 12.2 Å². The lowest BCUT2D eigenvalue weighted by Gasteiger charge is -2.07. The number of hydrogen-bond acceptors (Lipinski definition) is 3. The van der Waals surface area contributed by atoms with Gasteiger partial charge in [-0.25, -0.2) is 13.8 Å². The van der Waals surface area contributed by atoms with Crippen LogP contribution in [-0.2, 0) is 16.1 Å². The molecule has 2 N–H and O–H groups in total. The summed E-state index contributed by atoms with van der Waals surface area (Å²) in [5.41, 5.74) is -0.250. The Morgan fingerprint density at radius 1 is 1.23 bits per heavy atom. The van der Waals surface area contributed by atoms with Crippen molar-refractivity contribution in [1.29, 1.82) is 0 Å². The Bertz CT molecular complexity index is 659. The number of aromatic nitrogens is 2. The van der Waals surface area contributed by atoms with Crippen molar-refractivity contribution in [3.8, 4) is 0 Å². The third-order valence-corrected chi connectivity index (χ3v) is 2.82. The van der Waals surface area contributed by atoms with Gasteiger partial charge < -0.3 is 15.2 Å². The Labute approximate surface area is 125 Å². The quantitative estimate of drug-likeness (QED) is 0.646. The summed E-state index contributed by atoms with van der Waals surface area (Å²) in [5.74, 6) is -3.59. The van der Waals surface area contributed by atoms with Gasteiger partial charge in [-0.3, -0.25) is 9.59 Å². The average molecular weight is 308 g/mol. The summed E-state index contributed by atoms with van der Waals surface area (Å²) in [4.78, 5) is 27.0. The summed E-state index contributed by atoms with van der Waals surface area (Å²) in [5, 5.41) is 4.50. The second kappa shape index (κ2) is 7.30. The third kappa shape index (κ3) is 4.37. The highest BCUT2D eigenvalue weighted by atomic mass is 19.1. The first kappa shape index (κ1) is 15.6. The minimum absolute atomic E-state index is 0.250. The van der Waals surface area contributed by atoms with Crippen LogP contribution in [0.1, 0.15) is 6.42 Å². The van der Waals surface area contributed by atoms with Crippen LogP contribution >= 0.6 is 0 Å². The monoisotopic (exact) mass is 308 g/mol. The van der Waals surface area contributed by atoms with Gasteiger partial charge in [-0.2, -0.15) is 0 Å². The fourth-order valence-corrected chi connectivity index (χ4v) is 1.73. The van der Waals surface area contributed by atoms with Gasteiger partial charge in [-0.05, 0) is 18.6 Å². The van der Waals surface area contributed by atoms with E-state index >= 15 is 0 Å². The number of nitrogens with one attached hydrogen (secondary N) is 2. The van der Waals surface area contributed by atoms with Crippen molar-refractivity contribution < 1.29 is 18.4 Å². The molecule has 22 heavy (non-hydrogen) atoms. The molecule has 0 saturated heterocycles. The number of nitrogens with zero attached hydrogens (tertiary/aromatic N) is 2. The number of carbonyl (C=O) groups excluding carboxylic acids is 2. The molecular weight excluding hydrogens is 294 g/mol. The van der Waals surface area contributed by atoms with Crippen LogP contribution in [0.5, 0.6) is 0 Å². The Kier molecular flexibility index (Phi) is 5.18. The molecule has 2 aromatic rings. The van der Waals surface area contributed by atoms with E-state index in [4.69, 9.17) is 0 Å². The van der Waals surface area contributed by atoms with Gasteiger partial charge in [0, 0.05) is 31.5 Å². The first-order valence-corrected chi connectivity index (χ1v) is 6.56. The number of halogens is 2. The summed E-state index contributed by atoms with van der Waals surface area (Å²) < 4.78 is 27.9. The van der Waals surface area contributed by atoms with Crippen LogP contribution in [0.2, 0.25) is 0 Å². The molecule has 1 aromatic heterocycles. The van der Waals surface area contributed by atoms with Gasteiger partial charge in [0.1, 0.15) is 11.6 Å². The third-order valence-electron chi connectivity index (χ3n) is 2.82. The standard InChI is InChI=1S/C14H14F2N4O2/c15-10-2-3-12(11(16)8-10)19-14(22)13(21)18-4-1-6-20-7-5-17-9-20/h2-3,5,7-9H,1,4,6H2,(H,18,21)(H,19,22). The van der Waals surface area contributed by atoms with Crippen LogP contribution < -0.4 is 10.6 Å². The number of anilines is 1. The summed E-state index contributed by atoms with van der Waals surface area (Å²) in [6, 6.07) is 2.66. The van der Waals surface area contributed by atoms with E-state index in [1.54, 1.807) is 18.7 Å². The summed E-state index contributed by atoms with van der Waals surface area (Å²) in [6.45, 7) is 0.935. The fraction of sp³-hybridized carbons (Fsp3) is 0.214. The lowest BCUT2D eigenvalue weighted by Crippen LogP contribution is -2.36. The van der Waals surface area contributed by atoms with E-state index in [2.05, 4.69) is 15.6 Å². The Morgan fingerprint density at radius 3 is 2.73 bits per heavy atom. The molecule has 0 aliphatic carbocycles. The predicted molar refractivity (Wildman–Crippen MR) is 74.8 cm³/mol. The Hall–Kier alpha value is -2.77. The molecule has 0 spiro atoms. The van der Waals surface area contributed by atoms with Crippen LogP contribution in [0, 0.1) is 11.6 Å². The molecule has 0 aliphatic heterocycles. The van der Waals surface area contributed by atoms with Gasteiger partial charge in [-0.1, -0.05) is 0 Å². The maximum atomic E-state index is 13.3. The van der Waals surface area contributed by atoms with E-state index in [1.807, 2.05) is 4.57 Å². The number of benzene rings is 1. The van der Waals surface area contributed by atoms with Gasteiger partial charge in [0.15, 0.2) is 0 Å². The van der Waals surface area contributed by atoms with E-state index in [1.165, 1.54) is 0 Å². The lowest BCUT2D eigenvalue weighted by molar-refractivity contribution is -0.136. The van der Waals surface area contributed by atoms with Gasteiger partial charge >= 0.3 is 11.8 Å². The van der Waals surface area contributed by atoms with Crippen molar-refractivity contribution in [3.63, 3.8) is 0 Å². The van der Waals surface area contributed by atoms with Crippen molar-refractivity contribution in [3.05, 3.63) is 48.6 Å². The maximum Gasteiger partial charge on any atom is 0.313 e. The number of imidazole rings is 1. The zero-order valence-electron chi connectivity index (χ0n) is 11.6. The van der Waals surface area contributed by atoms with Crippen molar-refractivity contribution in [2.45, 2.75) is 13.0 Å². The van der Waals surface area contributed by atoms with E-state index in [9.17, 15) is 18.4 Å². The molecule has 0 bridgehead atoms. The van der Waals surface area contributed by atoms with Crippen LogP contribution in [0.15, 0.2) is 36.9 Å². The molecule has 0 fully saturated rings. The topological polar surface area (TPSA) is 76.0 Å². The van der Waals surface area contributed by atoms with Crippen molar-refractivity contribution in [1.82, 2.24) is 14.9 Å². The maximum absolute atomic E-state index is 13.3. The molecule has 2 amide bonds. The number of amides is 2. The van der Waals surface area contributed by atoms with Crippen LogP contribution in [0.4, 0.5) is 14.5 Å². The Balaban J connectivity index is 1.75. The SMILES string of the molecule is O=C(NCCCn1ccnc1)C(=O)Nc1ccc(F)cc1F. The number of aryl methyl sites for hydroxylation is 1. The average Bonchev–Trinajstić information content (AvgIpc) is 2.99. The summed E-state index contributed by atoms with van der Waals surface area (Å²) in [7, 11) is 0. The van der Waals surface area contributed by atoms with E-state index in [0.29, 0.717) is 19.0 Å². The molecule has 0 aliphatic rings. The second-order valence-corrected chi connectivity index (χ2v) is 4.49. The highest BCUT2D eigenvalue weighted by Gasteiger charge is 2.15. The predicted octanol–water partition coefficient (Wildman–Crippen LogP) is 1.31. The molecule has 0 unspecified atom stereocenters. The van der Waals surface area contributed by atoms with Crippen molar-refractivity contribution >= 4 is 17.5 Å². The van der Waals surface area contributed by atoms with Crippen LogP contribution in [0.3, 0.4) is 0 Å². The zero-order chi connectivity index (χ0) is 15.9. The molecule has 1 heterocycles. The van der Waals surface area contributed by atoms with E-state index < -0.39 is 23.4 Å². The number of carbonyl (C=O) groups is 2. The molecule has 1 aromatic carbocycles.